The summed E-state index contributed by atoms with van der Waals surface area (Å²) in [5.74, 6) is -6.32. The number of nitrogens with zero attached hydrogens (tertiary/aromatic N) is 1. The van der Waals surface area contributed by atoms with Crippen molar-refractivity contribution in [1.29, 1.82) is 5.26 Å². The molecular weight excluding hydrogens is 642 g/mol. The van der Waals surface area contributed by atoms with Crippen molar-refractivity contribution in [3.63, 3.8) is 0 Å². The second-order valence-electron chi connectivity index (χ2n) is 11.8. The van der Waals surface area contributed by atoms with E-state index in [0.29, 0.717) is 0 Å². The maximum atomic E-state index is 15.8. The lowest BCUT2D eigenvalue weighted by molar-refractivity contribution is -0.274. The van der Waals surface area contributed by atoms with Gasteiger partial charge in [-0.25, -0.2) is 8.78 Å². The number of carbonyl (C=O) groups is 2. The molecule has 238 valence electrons. The molecule has 1 aliphatic heterocycles. The molecule has 4 rings (SSSR count). The number of nitrogens with one attached hydrogen (secondary N) is 2. The quantitative estimate of drug-likeness (QED) is 0.230. The van der Waals surface area contributed by atoms with Crippen LogP contribution in [-0.2, 0) is 10.2 Å². The Morgan fingerprint density at radius 2 is 1.78 bits per heavy atom. The van der Waals surface area contributed by atoms with Gasteiger partial charge in [-0.15, -0.1) is 13.2 Å². The molecule has 3 aromatic carbocycles. The Morgan fingerprint density at radius 3 is 2.36 bits per heavy atom. The van der Waals surface area contributed by atoms with Crippen molar-refractivity contribution in [2.75, 3.05) is 5.32 Å². The van der Waals surface area contributed by atoms with Crippen molar-refractivity contribution in [3.05, 3.63) is 93.0 Å². The number of nitriles is 1. The summed E-state index contributed by atoms with van der Waals surface area (Å²) in [5, 5.41) is 16.2. The third kappa shape index (κ3) is 7.01. The monoisotopic (exact) mass is 668 g/mol. The molecule has 0 unspecified atom stereocenters. The van der Waals surface area contributed by atoms with E-state index in [2.05, 4.69) is 21.4 Å². The summed E-state index contributed by atoms with van der Waals surface area (Å²) in [7, 11) is 0. The number of carbonyl (C=O) groups excluding carboxylic acids is 2. The molecule has 0 aliphatic carbocycles. The molecule has 14 heteroatoms. The summed E-state index contributed by atoms with van der Waals surface area (Å²) < 4.78 is 74.7. The summed E-state index contributed by atoms with van der Waals surface area (Å²) in [4.78, 5) is 25.7. The average Bonchev–Trinajstić information content (AvgIpc) is 3.22. The number of hydrogen-bond donors (Lipinski definition) is 3. The molecular formula is C31H27Cl2F5N4O3. The minimum absolute atomic E-state index is 0.0405. The van der Waals surface area contributed by atoms with Crippen molar-refractivity contribution >= 4 is 40.7 Å². The van der Waals surface area contributed by atoms with E-state index in [1.54, 1.807) is 0 Å². The zero-order valence-electron chi connectivity index (χ0n) is 24.0. The van der Waals surface area contributed by atoms with Gasteiger partial charge in [0.15, 0.2) is 0 Å². The zero-order valence-corrected chi connectivity index (χ0v) is 25.5. The minimum Gasteiger partial charge on any atom is -0.405 e. The number of nitrogens with two attached hydrogens (primary N) is 1. The second kappa shape index (κ2) is 12.5. The molecule has 7 nitrogen and oxygen atoms in total. The third-order valence-corrected chi connectivity index (χ3v) is 8.00. The van der Waals surface area contributed by atoms with Crippen molar-refractivity contribution in [3.8, 4) is 11.8 Å². The van der Waals surface area contributed by atoms with Gasteiger partial charge in [0.05, 0.1) is 22.7 Å². The van der Waals surface area contributed by atoms with Crippen molar-refractivity contribution in [1.82, 2.24) is 5.32 Å². The van der Waals surface area contributed by atoms with Gasteiger partial charge in [0, 0.05) is 34.3 Å². The van der Waals surface area contributed by atoms with E-state index in [-0.39, 0.29) is 33.3 Å². The van der Waals surface area contributed by atoms with Gasteiger partial charge in [-0.05, 0) is 47.7 Å². The Kier molecular flexibility index (Phi) is 9.41. The molecule has 0 bridgehead atoms. The van der Waals surface area contributed by atoms with Crippen LogP contribution in [0.2, 0.25) is 10.0 Å². The average molecular weight is 669 g/mol. The lowest BCUT2D eigenvalue weighted by Gasteiger charge is -2.37. The van der Waals surface area contributed by atoms with Crippen LogP contribution in [0.25, 0.3) is 0 Å². The topological polar surface area (TPSA) is 117 Å². The highest BCUT2D eigenvalue weighted by Gasteiger charge is 2.61. The van der Waals surface area contributed by atoms with Gasteiger partial charge in [0.25, 0.3) is 5.91 Å². The standard InChI is InChI=1S/C31H27Cl2F5N4O3/c1-29(2,3)13-23-30(14-39,19-10-7-15(32)11-21(19)34)24(18-5-4-6-20(33)25(18)35)26(42-23)28(44)41-16-8-9-17(27(40)43)22(12-16)45-31(36,37)38/h4-12,23-24,26,42H,13H2,1-3H3,(H2,40,43)(H,41,44)/t23-,24-,26+,30-/m0/s1. The molecule has 1 fully saturated rings. The van der Waals surface area contributed by atoms with Gasteiger partial charge < -0.3 is 21.1 Å². The smallest absolute Gasteiger partial charge is 0.405 e. The summed E-state index contributed by atoms with van der Waals surface area (Å²) in [6.07, 6.45) is -4.99. The Hall–Kier alpha value is -3.92. The molecule has 4 N–H and O–H groups in total. The van der Waals surface area contributed by atoms with E-state index >= 15 is 8.78 Å². The molecule has 0 aromatic heterocycles. The van der Waals surface area contributed by atoms with Gasteiger partial charge in [0.2, 0.25) is 5.91 Å². The molecule has 0 radical (unpaired) electrons. The van der Waals surface area contributed by atoms with Crippen LogP contribution in [0.1, 0.15) is 54.6 Å². The number of hydrogen-bond acceptors (Lipinski definition) is 5. The Morgan fingerprint density at radius 1 is 1.09 bits per heavy atom. The highest BCUT2D eigenvalue weighted by Crippen LogP contribution is 2.53. The first-order valence-corrected chi connectivity index (χ1v) is 14.2. The number of alkyl halides is 3. The molecule has 2 amide bonds. The van der Waals surface area contributed by atoms with Gasteiger partial charge >= 0.3 is 6.36 Å². The zero-order chi connectivity index (χ0) is 33.5. The summed E-state index contributed by atoms with van der Waals surface area (Å²) in [6, 6.07) is 10.3. The molecule has 4 atom stereocenters. The van der Waals surface area contributed by atoms with Crippen molar-refractivity contribution in [2.24, 2.45) is 11.1 Å². The van der Waals surface area contributed by atoms with E-state index in [1.807, 2.05) is 20.8 Å². The predicted molar refractivity (Wildman–Crippen MR) is 158 cm³/mol. The van der Waals surface area contributed by atoms with E-state index in [9.17, 15) is 28.0 Å². The van der Waals surface area contributed by atoms with Crippen LogP contribution in [-0.4, -0.2) is 30.3 Å². The molecule has 0 spiro atoms. The molecule has 45 heavy (non-hydrogen) atoms. The van der Waals surface area contributed by atoms with Gasteiger partial charge in [-0.2, -0.15) is 5.26 Å². The summed E-state index contributed by atoms with van der Waals surface area (Å²) in [5.41, 5.74) is 1.59. The molecule has 3 aromatic rings. The Labute approximate surface area is 265 Å². The van der Waals surface area contributed by atoms with Crippen LogP contribution in [0.4, 0.5) is 27.6 Å². The number of benzene rings is 3. The first-order chi connectivity index (χ1) is 20.9. The lowest BCUT2D eigenvalue weighted by Crippen LogP contribution is -2.45. The van der Waals surface area contributed by atoms with E-state index in [4.69, 9.17) is 28.9 Å². The highest BCUT2D eigenvalue weighted by atomic mass is 35.5. The first-order valence-electron chi connectivity index (χ1n) is 13.4. The molecule has 0 saturated carbocycles. The van der Waals surface area contributed by atoms with E-state index in [1.165, 1.54) is 30.3 Å². The number of anilines is 1. The number of amides is 2. The fourth-order valence-corrected chi connectivity index (χ4v) is 6.13. The van der Waals surface area contributed by atoms with E-state index < -0.39 is 70.0 Å². The number of halogens is 7. The maximum Gasteiger partial charge on any atom is 0.573 e. The minimum atomic E-state index is -5.19. The SMILES string of the molecule is CC(C)(C)C[C@@H]1N[C@@H](C(=O)Nc2ccc(C(N)=O)c(OC(F)(F)F)c2)[C@H](c2cccc(Cl)c2F)[C@@]1(C#N)c1ccc(Cl)cc1F. The van der Waals surface area contributed by atoms with Crippen LogP contribution in [0.3, 0.4) is 0 Å². The normalized spacial score (nSPS) is 21.7. The first kappa shape index (κ1) is 34.0. The Balaban J connectivity index is 1.91. The van der Waals surface area contributed by atoms with Crippen LogP contribution in [0.15, 0.2) is 54.6 Å². The fraction of sp³-hybridized carbons (Fsp3) is 0.323. The van der Waals surface area contributed by atoms with E-state index in [0.717, 1.165) is 24.3 Å². The molecule has 1 aliphatic rings. The van der Waals surface area contributed by atoms with Gasteiger partial charge in [-0.1, -0.05) is 62.2 Å². The van der Waals surface area contributed by atoms with Crippen molar-refractivity contribution < 1.29 is 36.3 Å². The van der Waals surface area contributed by atoms with Gasteiger partial charge in [0.1, 0.15) is 22.8 Å². The number of primary amides is 1. The lowest BCUT2D eigenvalue weighted by atomic mass is 9.62. The molecule has 1 heterocycles. The number of rotatable bonds is 7. The molecule has 1 saturated heterocycles. The number of ether oxygens (including phenoxy) is 1. The van der Waals surface area contributed by atoms with Crippen molar-refractivity contribution in [2.45, 2.75) is 57.0 Å². The summed E-state index contributed by atoms with van der Waals surface area (Å²) >= 11 is 12.1. The Bertz CT molecular complexity index is 1690. The van der Waals surface area contributed by atoms with Crippen LogP contribution in [0.5, 0.6) is 5.75 Å². The van der Waals surface area contributed by atoms with Gasteiger partial charge in [-0.3, -0.25) is 9.59 Å². The summed E-state index contributed by atoms with van der Waals surface area (Å²) in [6.45, 7) is 5.58. The predicted octanol–water partition coefficient (Wildman–Crippen LogP) is 7.23. The van der Waals surface area contributed by atoms with Crippen LogP contribution < -0.4 is 21.1 Å². The van der Waals surface area contributed by atoms with Crippen LogP contribution in [0, 0.1) is 28.4 Å². The fourth-order valence-electron chi connectivity index (χ4n) is 5.79. The largest absolute Gasteiger partial charge is 0.573 e. The highest BCUT2D eigenvalue weighted by molar-refractivity contribution is 6.31. The second-order valence-corrected chi connectivity index (χ2v) is 12.6. The maximum absolute atomic E-state index is 15.8. The third-order valence-electron chi connectivity index (χ3n) is 7.47. The van der Waals surface area contributed by atoms with Crippen LogP contribution >= 0.6 is 23.2 Å².